The molecule has 0 amide bonds. The molecule has 21 heavy (non-hydrogen) atoms. The Balaban J connectivity index is 2.32. The van der Waals surface area contributed by atoms with Crippen molar-refractivity contribution < 1.29 is 29.6 Å². The molecule has 3 fully saturated rings. The highest BCUT2D eigenvalue weighted by molar-refractivity contribution is 5.91. The van der Waals surface area contributed by atoms with E-state index >= 15 is 0 Å². The SMILES string of the molecule is C[C@]12COC(=O)C[C@]3(CC(=O)[C@]1(C)O)[C@]2(O)CC[C@]3(C)O. The number of esters is 1. The van der Waals surface area contributed by atoms with Gasteiger partial charge in [0.25, 0.3) is 0 Å². The third-order valence-electron chi connectivity index (χ3n) is 6.76. The van der Waals surface area contributed by atoms with Crippen molar-refractivity contribution in [3.05, 3.63) is 0 Å². The van der Waals surface area contributed by atoms with Gasteiger partial charge in [-0.1, -0.05) is 6.92 Å². The van der Waals surface area contributed by atoms with Crippen molar-refractivity contribution in [1.82, 2.24) is 0 Å². The number of ether oxygens (including phenoxy) is 1. The lowest BCUT2D eigenvalue weighted by atomic mass is 9.45. The van der Waals surface area contributed by atoms with E-state index in [2.05, 4.69) is 0 Å². The normalized spacial score (nSPS) is 56.7. The van der Waals surface area contributed by atoms with Gasteiger partial charge in [-0.15, -0.1) is 0 Å². The van der Waals surface area contributed by atoms with Crippen LogP contribution in [0.5, 0.6) is 0 Å². The van der Waals surface area contributed by atoms with E-state index in [1.54, 1.807) is 13.8 Å². The molecule has 0 unspecified atom stereocenters. The third kappa shape index (κ3) is 1.34. The number of carbonyl (C=O) groups excluding carboxylic acids is 2. The van der Waals surface area contributed by atoms with Gasteiger partial charge in [0.2, 0.25) is 0 Å². The van der Waals surface area contributed by atoms with Crippen LogP contribution in [0.4, 0.5) is 0 Å². The first-order chi connectivity index (χ1) is 9.44. The van der Waals surface area contributed by atoms with Crippen LogP contribution in [-0.4, -0.2) is 50.5 Å². The minimum atomic E-state index is -1.81. The van der Waals surface area contributed by atoms with Gasteiger partial charge in [-0.05, 0) is 26.7 Å². The summed E-state index contributed by atoms with van der Waals surface area (Å²) in [5.74, 6) is -1.01. The molecule has 3 aliphatic rings. The zero-order valence-electron chi connectivity index (χ0n) is 12.6. The fraction of sp³-hybridized carbons (Fsp3) is 0.867. The maximum Gasteiger partial charge on any atom is 0.306 e. The summed E-state index contributed by atoms with van der Waals surface area (Å²) in [5, 5.41) is 32.9. The van der Waals surface area contributed by atoms with Gasteiger partial charge in [0.15, 0.2) is 5.78 Å². The lowest BCUT2D eigenvalue weighted by Crippen LogP contribution is -2.75. The predicted molar refractivity (Wildman–Crippen MR) is 71.2 cm³/mol. The fourth-order valence-electron chi connectivity index (χ4n) is 4.83. The first-order valence-electron chi connectivity index (χ1n) is 7.30. The molecular formula is C15H22O6. The quantitative estimate of drug-likeness (QED) is 0.541. The van der Waals surface area contributed by atoms with Gasteiger partial charge >= 0.3 is 5.97 Å². The zero-order chi connectivity index (χ0) is 15.9. The Bertz CT molecular complexity index is 538. The van der Waals surface area contributed by atoms with Crippen LogP contribution in [0.1, 0.15) is 46.5 Å². The molecule has 2 bridgehead atoms. The van der Waals surface area contributed by atoms with Crippen molar-refractivity contribution in [2.75, 3.05) is 6.61 Å². The van der Waals surface area contributed by atoms with Gasteiger partial charge in [0, 0.05) is 11.8 Å². The molecule has 5 atom stereocenters. The summed E-state index contributed by atoms with van der Waals surface area (Å²) < 4.78 is 5.17. The zero-order valence-corrected chi connectivity index (χ0v) is 12.6. The Labute approximate surface area is 123 Å². The summed E-state index contributed by atoms with van der Waals surface area (Å²) in [6.07, 6.45) is 0.0500. The lowest BCUT2D eigenvalue weighted by molar-refractivity contribution is -0.265. The first-order valence-corrected chi connectivity index (χ1v) is 7.30. The Hall–Kier alpha value is -0.980. The van der Waals surface area contributed by atoms with Gasteiger partial charge < -0.3 is 20.1 Å². The average Bonchev–Trinajstić information content (AvgIpc) is 2.52. The highest BCUT2D eigenvalue weighted by Crippen LogP contribution is 2.69. The smallest absolute Gasteiger partial charge is 0.306 e. The largest absolute Gasteiger partial charge is 0.465 e. The van der Waals surface area contributed by atoms with Crippen LogP contribution in [0, 0.1) is 10.8 Å². The van der Waals surface area contributed by atoms with Gasteiger partial charge in [-0.2, -0.15) is 0 Å². The van der Waals surface area contributed by atoms with Gasteiger partial charge in [-0.3, -0.25) is 9.59 Å². The van der Waals surface area contributed by atoms with Crippen molar-refractivity contribution in [2.45, 2.75) is 63.3 Å². The molecule has 2 aliphatic carbocycles. The van der Waals surface area contributed by atoms with E-state index in [4.69, 9.17) is 4.74 Å². The van der Waals surface area contributed by atoms with E-state index in [0.717, 1.165) is 0 Å². The summed E-state index contributed by atoms with van der Waals surface area (Å²) in [4.78, 5) is 24.5. The monoisotopic (exact) mass is 298 g/mol. The van der Waals surface area contributed by atoms with Crippen LogP contribution in [0.25, 0.3) is 0 Å². The van der Waals surface area contributed by atoms with Gasteiger partial charge in [-0.25, -0.2) is 0 Å². The van der Waals surface area contributed by atoms with Crippen molar-refractivity contribution in [3.8, 4) is 0 Å². The second-order valence-electron chi connectivity index (χ2n) is 7.56. The topological polar surface area (TPSA) is 104 Å². The molecule has 0 spiro atoms. The molecule has 6 heteroatoms. The van der Waals surface area contributed by atoms with Gasteiger partial charge in [0.1, 0.15) is 12.2 Å². The summed E-state index contributed by atoms with van der Waals surface area (Å²) in [6.45, 7) is 4.25. The Morgan fingerprint density at radius 1 is 1.00 bits per heavy atom. The molecule has 6 nitrogen and oxygen atoms in total. The molecule has 3 N–H and O–H groups in total. The summed E-state index contributed by atoms with van der Waals surface area (Å²) >= 11 is 0. The number of hydrogen-bond acceptors (Lipinski definition) is 6. The second kappa shape index (κ2) is 3.67. The molecule has 0 aromatic heterocycles. The third-order valence-corrected chi connectivity index (χ3v) is 6.76. The van der Waals surface area contributed by atoms with Crippen LogP contribution in [0.3, 0.4) is 0 Å². The van der Waals surface area contributed by atoms with Crippen molar-refractivity contribution in [2.24, 2.45) is 10.8 Å². The van der Waals surface area contributed by atoms with E-state index in [0.29, 0.717) is 0 Å². The number of Topliss-reactive ketones (excluding diaryl/α,β-unsaturated/α-hetero) is 1. The average molecular weight is 298 g/mol. The lowest BCUT2D eigenvalue weighted by Gasteiger charge is -2.61. The minimum absolute atomic E-state index is 0.214. The van der Waals surface area contributed by atoms with Crippen LogP contribution < -0.4 is 0 Å². The highest BCUT2D eigenvalue weighted by Gasteiger charge is 2.80. The van der Waals surface area contributed by atoms with E-state index in [1.807, 2.05) is 0 Å². The number of rotatable bonds is 0. The first kappa shape index (κ1) is 14.9. The summed E-state index contributed by atoms with van der Waals surface area (Å²) in [5.41, 5.74) is -7.36. The predicted octanol–water partition coefficient (Wildman–Crippen LogP) is -0.0743. The molecule has 0 aromatic rings. The van der Waals surface area contributed by atoms with E-state index < -0.39 is 39.4 Å². The standard InChI is InChI=1S/C15H22O6/c1-11-8-21-10(17)7-14(6-9(16)13(11,3)19)12(2,18)4-5-15(11,14)20/h18-20H,4-8H2,1-3H3/t11-,12-,13-,14-,15-/m0/s1. The van der Waals surface area contributed by atoms with Crippen molar-refractivity contribution in [3.63, 3.8) is 0 Å². The van der Waals surface area contributed by atoms with Gasteiger partial charge in [0.05, 0.1) is 23.0 Å². The molecule has 0 radical (unpaired) electrons. The maximum absolute atomic E-state index is 12.5. The van der Waals surface area contributed by atoms with Crippen molar-refractivity contribution >= 4 is 11.8 Å². The van der Waals surface area contributed by atoms with E-state index in [1.165, 1.54) is 6.92 Å². The Morgan fingerprint density at radius 2 is 1.62 bits per heavy atom. The highest BCUT2D eigenvalue weighted by atomic mass is 16.5. The number of ketones is 1. The van der Waals surface area contributed by atoms with Crippen molar-refractivity contribution in [1.29, 1.82) is 0 Å². The maximum atomic E-state index is 12.5. The Morgan fingerprint density at radius 3 is 2.24 bits per heavy atom. The molecule has 1 heterocycles. The number of carbonyl (C=O) groups is 2. The summed E-state index contributed by atoms with van der Waals surface area (Å²) in [7, 11) is 0. The fourth-order valence-corrected chi connectivity index (χ4v) is 4.83. The molecule has 3 rings (SSSR count). The van der Waals surface area contributed by atoms with Crippen LogP contribution in [0.2, 0.25) is 0 Å². The molecule has 0 aromatic carbocycles. The molecule has 1 aliphatic heterocycles. The Kier molecular flexibility index (Phi) is 2.61. The number of hydrogen-bond donors (Lipinski definition) is 3. The number of cyclic esters (lactones) is 1. The second-order valence-corrected chi connectivity index (χ2v) is 7.56. The van der Waals surface area contributed by atoms with Crippen LogP contribution in [0.15, 0.2) is 0 Å². The van der Waals surface area contributed by atoms with E-state index in [-0.39, 0.29) is 32.3 Å². The minimum Gasteiger partial charge on any atom is -0.465 e. The van der Waals surface area contributed by atoms with E-state index in [9.17, 15) is 24.9 Å². The molecule has 1 saturated heterocycles. The van der Waals surface area contributed by atoms with Crippen LogP contribution in [-0.2, 0) is 14.3 Å². The molecule has 118 valence electrons. The van der Waals surface area contributed by atoms with Crippen LogP contribution >= 0.6 is 0 Å². The number of aliphatic hydroxyl groups is 3. The summed E-state index contributed by atoms with van der Waals surface area (Å²) in [6, 6.07) is 0. The molecular weight excluding hydrogens is 276 g/mol. The molecule has 2 saturated carbocycles.